The van der Waals surface area contributed by atoms with Gasteiger partial charge in [0.1, 0.15) is 5.58 Å². The van der Waals surface area contributed by atoms with Gasteiger partial charge in [0.05, 0.1) is 6.26 Å². The second-order valence-electron chi connectivity index (χ2n) is 4.92. The smallest absolute Gasteiger partial charge is 0.134 e. The van der Waals surface area contributed by atoms with E-state index in [4.69, 9.17) is 10.2 Å². The molecule has 0 fully saturated rings. The summed E-state index contributed by atoms with van der Waals surface area (Å²) in [6.07, 6.45) is 2.61. The summed E-state index contributed by atoms with van der Waals surface area (Å²) in [7, 11) is 0. The first kappa shape index (κ1) is 12.0. The van der Waals surface area contributed by atoms with Gasteiger partial charge in [-0.25, -0.2) is 0 Å². The van der Waals surface area contributed by atoms with Crippen LogP contribution in [-0.4, -0.2) is 0 Å². The summed E-state index contributed by atoms with van der Waals surface area (Å²) in [5, 5.41) is 1.11. The first-order valence-electron chi connectivity index (χ1n) is 6.52. The summed E-state index contributed by atoms with van der Waals surface area (Å²) < 4.78 is 5.56. The molecule has 0 aliphatic heterocycles. The number of aryl methyl sites for hydroxylation is 1. The normalized spacial score (nSPS) is 12.7. The first-order chi connectivity index (χ1) is 9.25. The maximum Gasteiger partial charge on any atom is 0.134 e. The molecule has 0 aliphatic rings. The van der Waals surface area contributed by atoms with E-state index in [1.165, 1.54) is 11.1 Å². The van der Waals surface area contributed by atoms with Crippen LogP contribution >= 0.6 is 0 Å². The largest absolute Gasteiger partial charge is 0.464 e. The summed E-state index contributed by atoms with van der Waals surface area (Å²) in [4.78, 5) is 0. The SMILES string of the molecule is Cc1ccccc1CC(N)c1coc2ccccc12. The predicted octanol–water partition coefficient (Wildman–Crippen LogP) is 3.98. The van der Waals surface area contributed by atoms with Gasteiger partial charge in [0.2, 0.25) is 0 Å². The van der Waals surface area contributed by atoms with E-state index in [0.717, 1.165) is 23.0 Å². The highest BCUT2D eigenvalue weighted by molar-refractivity contribution is 5.81. The molecular formula is C17H17NO. The highest BCUT2D eigenvalue weighted by atomic mass is 16.3. The lowest BCUT2D eigenvalue weighted by atomic mass is 9.96. The number of hydrogen-bond donors (Lipinski definition) is 1. The van der Waals surface area contributed by atoms with E-state index in [1.807, 2.05) is 18.2 Å². The highest BCUT2D eigenvalue weighted by Crippen LogP contribution is 2.27. The van der Waals surface area contributed by atoms with Crippen LogP contribution in [0, 0.1) is 6.92 Å². The molecule has 1 aromatic heterocycles. The van der Waals surface area contributed by atoms with Crippen LogP contribution in [0.25, 0.3) is 11.0 Å². The second-order valence-corrected chi connectivity index (χ2v) is 4.92. The number of fused-ring (bicyclic) bond motifs is 1. The van der Waals surface area contributed by atoms with E-state index in [9.17, 15) is 0 Å². The number of hydrogen-bond acceptors (Lipinski definition) is 2. The van der Waals surface area contributed by atoms with E-state index < -0.39 is 0 Å². The molecule has 96 valence electrons. The molecule has 1 atom stereocenters. The van der Waals surface area contributed by atoms with Gasteiger partial charge in [-0.05, 0) is 30.5 Å². The van der Waals surface area contributed by atoms with Crippen LogP contribution in [0.4, 0.5) is 0 Å². The van der Waals surface area contributed by atoms with Crippen LogP contribution in [0.15, 0.2) is 59.2 Å². The van der Waals surface area contributed by atoms with Crippen molar-refractivity contribution in [3.8, 4) is 0 Å². The average Bonchev–Trinajstić information content (AvgIpc) is 2.85. The standard InChI is InChI=1S/C17H17NO/c1-12-6-2-3-7-13(12)10-16(18)15-11-19-17-9-5-4-8-14(15)17/h2-9,11,16H,10,18H2,1H3. The highest BCUT2D eigenvalue weighted by Gasteiger charge is 2.14. The summed E-state index contributed by atoms with van der Waals surface area (Å²) in [5.41, 5.74) is 10.9. The quantitative estimate of drug-likeness (QED) is 0.764. The Kier molecular flexibility index (Phi) is 3.10. The van der Waals surface area contributed by atoms with Gasteiger partial charge in [-0.2, -0.15) is 0 Å². The molecule has 0 spiro atoms. The third-order valence-electron chi connectivity index (χ3n) is 3.61. The summed E-state index contributed by atoms with van der Waals surface area (Å²) in [6, 6.07) is 16.4. The van der Waals surface area contributed by atoms with Crippen molar-refractivity contribution in [2.75, 3.05) is 0 Å². The summed E-state index contributed by atoms with van der Waals surface area (Å²) in [6.45, 7) is 2.12. The van der Waals surface area contributed by atoms with E-state index in [-0.39, 0.29) is 6.04 Å². The van der Waals surface area contributed by atoms with Gasteiger partial charge in [-0.3, -0.25) is 0 Å². The molecule has 1 unspecified atom stereocenters. The number of nitrogens with two attached hydrogens (primary N) is 1. The average molecular weight is 251 g/mol. The van der Waals surface area contributed by atoms with Crippen LogP contribution in [-0.2, 0) is 6.42 Å². The van der Waals surface area contributed by atoms with Crippen molar-refractivity contribution in [3.63, 3.8) is 0 Å². The molecular weight excluding hydrogens is 234 g/mol. The van der Waals surface area contributed by atoms with Crippen LogP contribution in [0.3, 0.4) is 0 Å². The minimum Gasteiger partial charge on any atom is -0.464 e. The van der Waals surface area contributed by atoms with E-state index >= 15 is 0 Å². The number of benzene rings is 2. The van der Waals surface area contributed by atoms with Gasteiger partial charge in [-0.1, -0.05) is 42.5 Å². The zero-order valence-electron chi connectivity index (χ0n) is 11.0. The molecule has 2 aromatic carbocycles. The lowest BCUT2D eigenvalue weighted by Gasteiger charge is -2.12. The van der Waals surface area contributed by atoms with E-state index in [1.54, 1.807) is 6.26 Å². The van der Waals surface area contributed by atoms with Crippen LogP contribution in [0.5, 0.6) is 0 Å². The lowest BCUT2D eigenvalue weighted by molar-refractivity contribution is 0.599. The minimum atomic E-state index is -0.0373. The van der Waals surface area contributed by atoms with Crippen LogP contribution in [0.2, 0.25) is 0 Å². The molecule has 1 heterocycles. The molecule has 0 aliphatic carbocycles. The van der Waals surface area contributed by atoms with Gasteiger partial charge in [0.15, 0.2) is 0 Å². The monoisotopic (exact) mass is 251 g/mol. The third-order valence-corrected chi connectivity index (χ3v) is 3.61. The fraction of sp³-hybridized carbons (Fsp3) is 0.176. The Morgan fingerprint density at radius 3 is 2.63 bits per heavy atom. The number of rotatable bonds is 3. The van der Waals surface area contributed by atoms with Gasteiger partial charge < -0.3 is 10.2 Å². The van der Waals surface area contributed by atoms with Crippen molar-refractivity contribution in [2.45, 2.75) is 19.4 Å². The van der Waals surface area contributed by atoms with Crippen molar-refractivity contribution < 1.29 is 4.42 Å². The molecule has 0 radical (unpaired) electrons. The molecule has 3 aromatic rings. The Morgan fingerprint density at radius 1 is 1.05 bits per heavy atom. The van der Waals surface area contributed by atoms with Crippen molar-refractivity contribution in [3.05, 3.63) is 71.5 Å². The fourth-order valence-corrected chi connectivity index (χ4v) is 2.47. The first-order valence-corrected chi connectivity index (χ1v) is 6.52. The second kappa shape index (κ2) is 4.90. The van der Waals surface area contributed by atoms with Crippen molar-refractivity contribution in [1.29, 1.82) is 0 Å². The molecule has 19 heavy (non-hydrogen) atoms. The number of furan rings is 1. The maximum absolute atomic E-state index is 6.35. The van der Waals surface area contributed by atoms with E-state index in [0.29, 0.717) is 0 Å². The van der Waals surface area contributed by atoms with Crippen molar-refractivity contribution >= 4 is 11.0 Å². The van der Waals surface area contributed by atoms with Crippen molar-refractivity contribution in [2.24, 2.45) is 5.73 Å². The molecule has 2 heteroatoms. The van der Waals surface area contributed by atoms with Crippen molar-refractivity contribution in [1.82, 2.24) is 0 Å². The Hall–Kier alpha value is -2.06. The van der Waals surface area contributed by atoms with Gasteiger partial charge in [0.25, 0.3) is 0 Å². The molecule has 2 N–H and O–H groups in total. The lowest BCUT2D eigenvalue weighted by Crippen LogP contribution is -2.13. The Morgan fingerprint density at radius 2 is 1.79 bits per heavy atom. The van der Waals surface area contributed by atoms with E-state index in [2.05, 4.69) is 37.3 Å². The summed E-state index contributed by atoms with van der Waals surface area (Å²) in [5.74, 6) is 0. The fourth-order valence-electron chi connectivity index (χ4n) is 2.47. The van der Waals surface area contributed by atoms with Gasteiger partial charge in [0, 0.05) is 17.0 Å². The zero-order chi connectivity index (χ0) is 13.2. The maximum atomic E-state index is 6.35. The molecule has 3 rings (SSSR count). The Balaban J connectivity index is 1.92. The third kappa shape index (κ3) is 2.27. The Labute approximate surface area is 112 Å². The molecule has 0 saturated carbocycles. The van der Waals surface area contributed by atoms with Crippen LogP contribution in [0.1, 0.15) is 22.7 Å². The van der Waals surface area contributed by atoms with Gasteiger partial charge in [-0.15, -0.1) is 0 Å². The summed E-state index contributed by atoms with van der Waals surface area (Å²) >= 11 is 0. The molecule has 2 nitrogen and oxygen atoms in total. The Bertz CT molecular complexity index is 699. The minimum absolute atomic E-state index is 0.0373. The van der Waals surface area contributed by atoms with Gasteiger partial charge >= 0.3 is 0 Å². The predicted molar refractivity (Wildman–Crippen MR) is 78.0 cm³/mol. The topological polar surface area (TPSA) is 39.2 Å². The number of para-hydroxylation sites is 1. The zero-order valence-corrected chi connectivity index (χ0v) is 11.0. The molecule has 0 saturated heterocycles. The van der Waals surface area contributed by atoms with Crippen LogP contribution < -0.4 is 5.73 Å². The molecule has 0 bridgehead atoms. The molecule has 0 amide bonds.